The number of alkyl halides is 1. The van der Waals surface area contributed by atoms with Crippen molar-refractivity contribution in [1.29, 1.82) is 0 Å². The highest BCUT2D eigenvalue weighted by Crippen LogP contribution is 2.05. The highest BCUT2D eigenvalue weighted by Gasteiger charge is 2.04. The molecule has 1 atom stereocenters. The molecule has 0 aliphatic carbocycles. The normalized spacial score (nSPS) is 13.3. The zero-order chi connectivity index (χ0) is 12.0. The molecule has 0 aliphatic heterocycles. The molecule has 16 heavy (non-hydrogen) atoms. The Morgan fingerprint density at radius 1 is 1.50 bits per heavy atom. The average molecular weight is 244 g/mol. The fourth-order valence-corrected chi connectivity index (χ4v) is 1.86. The van der Waals surface area contributed by atoms with Gasteiger partial charge in [0.1, 0.15) is 0 Å². The summed E-state index contributed by atoms with van der Waals surface area (Å²) in [4.78, 5) is 0. The zero-order valence-electron chi connectivity index (χ0n) is 10.4. The number of nitrogens with zero attached hydrogens (tertiary/aromatic N) is 2. The molecule has 3 nitrogen and oxygen atoms in total. The molecule has 0 radical (unpaired) electrons. The first-order valence-corrected chi connectivity index (χ1v) is 6.46. The van der Waals surface area contributed by atoms with Gasteiger partial charge >= 0.3 is 0 Å². The van der Waals surface area contributed by atoms with Crippen molar-refractivity contribution in [3.8, 4) is 0 Å². The lowest BCUT2D eigenvalue weighted by Crippen LogP contribution is -2.23. The largest absolute Gasteiger partial charge is 0.310 e. The van der Waals surface area contributed by atoms with Crippen LogP contribution in [0.3, 0.4) is 0 Å². The summed E-state index contributed by atoms with van der Waals surface area (Å²) in [5.41, 5.74) is 1.08. The van der Waals surface area contributed by atoms with Gasteiger partial charge in [-0.25, -0.2) is 0 Å². The van der Waals surface area contributed by atoms with Gasteiger partial charge in [0.25, 0.3) is 0 Å². The minimum Gasteiger partial charge on any atom is -0.310 e. The fraction of sp³-hybridized carbons (Fsp3) is 0.750. The summed E-state index contributed by atoms with van der Waals surface area (Å²) < 4.78 is 1.97. The lowest BCUT2D eigenvalue weighted by atomic mass is 10.2. The van der Waals surface area contributed by atoms with Crippen molar-refractivity contribution in [3.05, 3.63) is 18.0 Å². The van der Waals surface area contributed by atoms with Gasteiger partial charge < -0.3 is 5.32 Å². The van der Waals surface area contributed by atoms with Gasteiger partial charge in [-0.1, -0.05) is 13.3 Å². The Balaban J connectivity index is 2.26. The number of halogens is 1. The average Bonchev–Trinajstić information content (AvgIpc) is 2.67. The van der Waals surface area contributed by atoms with E-state index in [1.165, 1.54) is 0 Å². The van der Waals surface area contributed by atoms with Crippen LogP contribution < -0.4 is 5.32 Å². The van der Waals surface area contributed by atoms with E-state index in [1.54, 1.807) is 0 Å². The first kappa shape index (κ1) is 13.5. The number of hydrogen-bond acceptors (Lipinski definition) is 2. The molecule has 1 aromatic heterocycles. The molecular formula is C12H22ClN3. The van der Waals surface area contributed by atoms with Crippen molar-refractivity contribution in [2.24, 2.45) is 0 Å². The van der Waals surface area contributed by atoms with Crippen LogP contribution in [-0.4, -0.2) is 21.7 Å². The van der Waals surface area contributed by atoms with E-state index in [0.717, 1.165) is 31.6 Å². The molecule has 4 heteroatoms. The summed E-state index contributed by atoms with van der Waals surface area (Å²) in [7, 11) is 0. The Labute approximate surface area is 103 Å². The predicted octanol–water partition coefficient (Wildman–Crippen LogP) is 2.96. The maximum absolute atomic E-state index is 6.11. The van der Waals surface area contributed by atoms with Gasteiger partial charge in [-0.2, -0.15) is 5.10 Å². The quantitative estimate of drug-likeness (QED) is 0.747. The van der Waals surface area contributed by atoms with E-state index in [1.807, 2.05) is 10.9 Å². The number of nitrogens with one attached hydrogen (secondary N) is 1. The number of aromatic nitrogens is 2. The first-order chi connectivity index (χ1) is 7.63. The van der Waals surface area contributed by atoms with Crippen molar-refractivity contribution < 1.29 is 0 Å². The van der Waals surface area contributed by atoms with Gasteiger partial charge in [0.05, 0.1) is 5.69 Å². The van der Waals surface area contributed by atoms with Crippen LogP contribution in [0.25, 0.3) is 0 Å². The molecule has 1 rings (SSSR count). The zero-order valence-corrected chi connectivity index (χ0v) is 11.2. The summed E-state index contributed by atoms with van der Waals surface area (Å²) in [5, 5.41) is 8.03. The van der Waals surface area contributed by atoms with Crippen molar-refractivity contribution in [1.82, 2.24) is 15.1 Å². The van der Waals surface area contributed by atoms with Crippen molar-refractivity contribution in [2.45, 2.75) is 51.6 Å². The Morgan fingerprint density at radius 2 is 2.25 bits per heavy atom. The predicted molar refractivity (Wildman–Crippen MR) is 68.9 cm³/mol. The van der Waals surface area contributed by atoms with E-state index < -0.39 is 0 Å². The van der Waals surface area contributed by atoms with Crippen molar-refractivity contribution in [3.63, 3.8) is 0 Å². The Bertz CT molecular complexity index is 296. The minimum atomic E-state index is 0.234. The topological polar surface area (TPSA) is 29.9 Å². The van der Waals surface area contributed by atoms with Gasteiger partial charge in [-0.05, 0) is 26.3 Å². The third-order valence-electron chi connectivity index (χ3n) is 2.47. The molecule has 0 saturated carbocycles. The molecule has 92 valence electrons. The third kappa shape index (κ3) is 4.54. The van der Waals surface area contributed by atoms with Crippen LogP contribution in [0.5, 0.6) is 0 Å². The van der Waals surface area contributed by atoms with E-state index in [-0.39, 0.29) is 5.38 Å². The van der Waals surface area contributed by atoms with Crippen molar-refractivity contribution in [2.75, 3.05) is 6.54 Å². The van der Waals surface area contributed by atoms with E-state index in [9.17, 15) is 0 Å². The molecule has 0 saturated heterocycles. The summed E-state index contributed by atoms with van der Waals surface area (Å²) in [5.74, 6) is 0. The Hall–Kier alpha value is -0.540. The van der Waals surface area contributed by atoms with Gasteiger partial charge in [0.2, 0.25) is 0 Å². The van der Waals surface area contributed by atoms with Crippen LogP contribution in [0, 0.1) is 0 Å². The summed E-state index contributed by atoms with van der Waals surface area (Å²) in [6.45, 7) is 8.05. The lowest BCUT2D eigenvalue weighted by Gasteiger charge is -2.08. The standard InChI is InChI=1S/C12H22ClN3/c1-4-5-11(13)8-14-9-12-6-7-16(15-12)10(2)3/h6-7,10-11,14H,4-5,8-9H2,1-3H3. The van der Waals surface area contributed by atoms with Crippen LogP contribution in [0.1, 0.15) is 45.3 Å². The van der Waals surface area contributed by atoms with Gasteiger partial charge in [0, 0.05) is 30.7 Å². The molecule has 0 amide bonds. The van der Waals surface area contributed by atoms with E-state index in [0.29, 0.717) is 6.04 Å². The summed E-state index contributed by atoms with van der Waals surface area (Å²) in [6.07, 6.45) is 4.22. The van der Waals surface area contributed by atoms with E-state index in [4.69, 9.17) is 11.6 Å². The maximum atomic E-state index is 6.11. The maximum Gasteiger partial charge on any atom is 0.0762 e. The van der Waals surface area contributed by atoms with Crippen molar-refractivity contribution >= 4 is 11.6 Å². The van der Waals surface area contributed by atoms with E-state index in [2.05, 4.69) is 37.3 Å². The van der Waals surface area contributed by atoms with Crippen LogP contribution in [0.15, 0.2) is 12.3 Å². The molecule has 1 unspecified atom stereocenters. The van der Waals surface area contributed by atoms with Crippen LogP contribution in [0.2, 0.25) is 0 Å². The van der Waals surface area contributed by atoms with Gasteiger partial charge in [0.15, 0.2) is 0 Å². The highest BCUT2D eigenvalue weighted by molar-refractivity contribution is 6.20. The van der Waals surface area contributed by atoms with Crippen LogP contribution in [-0.2, 0) is 6.54 Å². The molecule has 1 aromatic rings. The summed E-state index contributed by atoms with van der Waals surface area (Å²) in [6, 6.07) is 2.48. The highest BCUT2D eigenvalue weighted by atomic mass is 35.5. The second-order valence-electron chi connectivity index (χ2n) is 4.40. The Kier molecular flexibility index (Phi) is 5.85. The summed E-state index contributed by atoms with van der Waals surface area (Å²) >= 11 is 6.11. The number of hydrogen-bond donors (Lipinski definition) is 1. The second-order valence-corrected chi connectivity index (χ2v) is 5.01. The molecule has 0 bridgehead atoms. The fourth-order valence-electron chi connectivity index (χ4n) is 1.53. The molecule has 1 heterocycles. The monoisotopic (exact) mass is 243 g/mol. The minimum absolute atomic E-state index is 0.234. The Morgan fingerprint density at radius 3 is 2.81 bits per heavy atom. The molecule has 0 fully saturated rings. The lowest BCUT2D eigenvalue weighted by molar-refractivity contribution is 0.520. The van der Waals surface area contributed by atoms with Crippen LogP contribution >= 0.6 is 11.6 Å². The third-order valence-corrected chi connectivity index (χ3v) is 2.84. The SMILES string of the molecule is CCCC(Cl)CNCc1ccn(C(C)C)n1. The van der Waals surface area contributed by atoms with E-state index >= 15 is 0 Å². The number of rotatable bonds is 7. The smallest absolute Gasteiger partial charge is 0.0762 e. The van der Waals surface area contributed by atoms with Crippen LogP contribution in [0.4, 0.5) is 0 Å². The molecular weight excluding hydrogens is 222 g/mol. The first-order valence-electron chi connectivity index (χ1n) is 6.02. The molecule has 0 spiro atoms. The molecule has 0 aromatic carbocycles. The molecule has 1 N–H and O–H groups in total. The van der Waals surface area contributed by atoms with Gasteiger partial charge in [-0.3, -0.25) is 4.68 Å². The second kappa shape index (κ2) is 6.92. The molecule has 0 aliphatic rings. The van der Waals surface area contributed by atoms with Gasteiger partial charge in [-0.15, -0.1) is 11.6 Å².